The van der Waals surface area contributed by atoms with E-state index in [1.807, 2.05) is 88.0 Å². The van der Waals surface area contributed by atoms with Crippen molar-refractivity contribution in [1.29, 1.82) is 0 Å². The van der Waals surface area contributed by atoms with Crippen LogP contribution in [0.4, 0.5) is 0 Å². The summed E-state index contributed by atoms with van der Waals surface area (Å²) in [5.41, 5.74) is 0.761. The van der Waals surface area contributed by atoms with Crippen LogP contribution >= 0.6 is 23.2 Å². The zero-order chi connectivity index (χ0) is 34.8. The molecule has 0 amide bonds. The summed E-state index contributed by atoms with van der Waals surface area (Å²) in [6.45, 7) is 6.47. The Morgan fingerprint density at radius 3 is 1.53 bits per heavy atom. The maximum absolute atomic E-state index is 14.3. The Kier molecular flexibility index (Phi) is 12.3. The van der Waals surface area contributed by atoms with Gasteiger partial charge in [-0.05, 0) is 55.0 Å². The number of carbonyl (C=O) groups is 2. The zero-order valence-electron chi connectivity index (χ0n) is 28.2. The number of carbonyl (C=O) groups excluding carboxylic acids is 2. The first kappa shape index (κ1) is 35.9. The van der Waals surface area contributed by atoms with Gasteiger partial charge in [0.1, 0.15) is 11.6 Å². The van der Waals surface area contributed by atoms with Crippen molar-refractivity contribution in [2.24, 2.45) is 5.41 Å². The van der Waals surface area contributed by atoms with Crippen molar-refractivity contribution in [2.75, 3.05) is 0 Å². The van der Waals surface area contributed by atoms with Gasteiger partial charge in [-0.1, -0.05) is 117 Å². The maximum atomic E-state index is 14.3. The van der Waals surface area contributed by atoms with E-state index in [4.69, 9.17) is 32.7 Å². The molecule has 0 aliphatic heterocycles. The molecule has 0 saturated heterocycles. The number of imidazole rings is 2. The summed E-state index contributed by atoms with van der Waals surface area (Å²) in [5.74, 6) is 0.474. The average Bonchev–Trinajstić information content (AvgIpc) is 3.67. The van der Waals surface area contributed by atoms with E-state index in [0.29, 0.717) is 36.0 Å². The molecule has 0 aliphatic rings. The maximum Gasteiger partial charge on any atom is 0.330 e. The molecular formula is C39H42Cl2N4O4. The summed E-state index contributed by atoms with van der Waals surface area (Å²) in [6.07, 6.45) is 8.27. The first-order chi connectivity index (χ1) is 23.7. The topological polar surface area (TPSA) is 88.2 Å². The zero-order valence-corrected chi connectivity index (χ0v) is 29.7. The van der Waals surface area contributed by atoms with Crippen LogP contribution in [-0.4, -0.2) is 31.0 Å². The molecule has 10 heteroatoms. The molecule has 2 heterocycles. The third-order valence-corrected chi connectivity index (χ3v) is 9.32. The standard InChI is InChI=1S/C39H42Cl2N4O4/c1-4-6-21-33-42-24-35(44(33)26-29-17-11-13-19-31(29)40)48-37(46)39(3,23-28-15-9-8-10-16-28)38(47)49-36-25-43-34(22-7-5-2)45(36)27-30-18-12-14-20-32(30)41/h8-20,24-25H,4-7,21-23,26-27H2,1-3H3. The minimum absolute atomic E-state index is 0.0498. The molecule has 49 heavy (non-hydrogen) atoms. The van der Waals surface area contributed by atoms with Crippen molar-refractivity contribution in [3.05, 3.63) is 130 Å². The Balaban J connectivity index is 1.48. The molecule has 0 bridgehead atoms. The molecular weight excluding hydrogens is 659 g/mol. The lowest BCUT2D eigenvalue weighted by Crippen LogP contribution is -2.44. The summed E-state index contributed by atoms with van der Waals surface area (Å²) in [7, 11) is 0. The highest BCUT2D eigenvalue weighted by molar-refractivity contribution is 6.31. The summed E-state index contributed by atoms with van der Waals surface area (Å²) in [6, 6.07) is 24.4. The summed E-state index contributed by atoms with van der Waals surface area (Å²) < 4.78 is 15.9. The van der Waals surface area contributed by atoms with Crippen molar-refractivity contribution in [1.82, 2.24) is 19.1 Å². The number of hydrogen-bond donors (Lipinski definition) is 0. The normalized spacial score (nSPS) is 11.4. The molecule has 256 valence electrons. The molecule has 0 atom stereocenters. The number of benzene rings is 3. The molecule has 2 aromatic heterocycles. The first-order valence-corrected chi connectivity index (χ1v) is 17.5. The van der Waals surface area contributed by atoms with Gasteiger partial charge >= 0.3 is 11.9 Å². The summed E-state index contributed by atoms with van der Waals surface area (Å²) in [4.78, 5) is 37.8. The van der Waals surface area contributed by atoms with Gasteiger partial charge in [0.2, 0.25) is 11.8 Å². The highest BCUT2D eigenvalue weighted by Crippen LogP contribution is 2.31. The van der Waals surface area contributed by atoms with E-state index in [2.05, 4.69) is 23.8 Å². The lowest BCUT2D eigenvalue weighted by atomic mass is 9.83. The third-order valence-electron chi connectivity index (χ3n) is 8.58. The van der Waals surface area contributed by atoms with Crippen molar-refractivity contribution < 1.29 is 19.1 Å². The second kappa shape index (κ2) is 16.8. The quantitative estimate of drug-likeness (QED) is 0.0754. The predicted octanol–water partition coefficient (Wildman–Crippen LogP) is 8.93. The molecule has 0 N–H and O–H groups in total. The average molecular weight is 702 g/mol. The largest absolute Gasteiger partial charge is 0.407 e. The Labute approximate surface area is 298 Å². The van der Waals surface area contributed by atoms with Crippen molar-refractivity contribution >= 4 is 35.1 Å². The number of rotatable bonds is 16. The van der Waals surface area contributed by atoms with Crippen LogP contribution in [0.3, 0.4) is 0 Å². The monoisotopic (exact) mass is 700 g/mol. The molecule has 5 aromatic rings. The number of esters is 2. The van der Waals surface area contributed by atoms with Gasteiger partial charge in [0.15, 0.2) is 5.41 Å². The van der Waals surface area contributed by atoms with Crippen LogP contribution in [0.5, 0.6) is 11.8 Å². The van der Waals surface area contributed by atoms with Gasteiger partial charge in [-0.2, -0.15) is 0 Å². The van der Waals surface area contributed by atoms with Gasteiger partial charge in [-0.15, -0.1) is 0 Å². The SMILES string of the molecule is CCCCc1ncc(OC(=O)C(C)(Cc2ccccc2)C(=O)Oc2cnc(CCCC)n2Cc2ccccc2Cl)n1Cc1ccccc1Cl. The Morgan fingerprint density at radius 1 is 0.673 bits per heavy atom. The second-order valence-corrected chi connectivity index (χ2v) is 13.2. The van der Waals surface area contributed by atoms with E-state index >= 15 is 0 Å². The number of nitrogens with zero attached hydrogens (tertiary/aromatic N) is 4. The molecule has 0 saturated carbocycles. The van der Waals surface area contributed by atoms with Crippen molar-refractivity contribution in [3.63, 3.8) is 0 Å². The highest BCUT2D eigenvalue weighted by Gasteiger charge is 2.46. The van der Waals surface area contributed by atoms with Gasteiger partial charge in [-0.25, -0.2) is 9.97 Å². The van der Waals surface area contributed by atoms with E-state index in [1.54, 1.807) is 6.92 Å². The van der Waals surface area contributed by atoms with Crippen LogP contribution < -0.4 is 9.47 Å². The molecule has 0 spiro atoms. The van der Waals surface area contributed by atoms with Gasteiger partial charge in [0, 0.05) is 22.9 Å². The van der Waals surface area contributed by atoms with Gasteiger partial charge in [-0.3, -0.25) is 18.7 Å². The van der Waals surface area contributed by atoms with E-state index in [-0.39, 0.29) is 18.2 Å². The van der Waals surface area contributed by atoms with Crippen LogP contribution in [0, 0.1) is 5.41 Å². The lowest BCUT2D eigenvalue weighted by molar-refractivity contribution is -0.160. The number of unbranched alkanes of at least 4 members (excludes halogenated alkanes) is 2. The van der Waals surface area contributed by atoms with Gasteiger partial charge in [0.05, 0.1) is 25.5 Å². The van der Waals surface area contributed by atoms with Crippen LogP contribution in [0.25, 0.3) is 0 Å². The molecule has 0 unspecified atom stereocenters. The fourth-order valence-electron chi connectivity index (χ4n) is 5.60. The third kappa shape index (κ3) is 8.80. The molecule has 5 rings (SSSR count). The summed E-state index contributed by atoms with van der Waals surface area (Å²) in [5, 5.41) is 1.19. The fourth-order valence-corrected chi connectivity index (χ4v) is 5.99. The number of ether oxygens (including phenoxy) is 2. The van der Waals surface area contributed by atoms with E-state index < -0.39 is 17.4 Å². The van der Waals surface area contributed by atoms with Gasteiger partial charge < -0.3 is 9.47 Å². The lowest BCUT2D eigenvalue weighted by Gasteiger charge is -2.26. The first-order valence-electron chi connectivity index (χ1n) is 16.8. The smallest absolute Gasteiger partial charge is 0.330 e. The Hall–Kier alpha value is -4.40. The van der Waals surface area contributed by atoms with E-state index in [9.17, 15) is 9.59 Å². The van der Waals surface area contributed by atoms with Crippen molar-refractivity contribution in [2.45, 2.75) is 78.8 Å². The molecule has 0 aliphatic carbocycles. The van der Waals surface area contributed by atoms with Crippen LogP contribution in [0.1, 0.15) is 74.8 Å². The van der Waals surface area contributed by atoms with Crippen LogP contribution in [0.2, 0.25) is 10.0 Å². The predicted molar refractivity (Wildman–Crippen MR) is 192 cm³/mol. The number of hydrogen-bond acceptors (Lipinski definition) is 6. The fraction of sp³-hybridized carbons (Fsp3) is 0.333. The summed E-state index contributed by atoms with van der Waals surface area (Å²) >= 11 is 13.0. The minimum Gasteiger partial charge on any atom is -0.407 e. The number of halogens is 2. The van der Waals surface area contributed by atoms with E-state index in [0.717, 1.165) is 54.0 Å². The van der Waals surface area contributed by atoms with Gasteiger partial charge in [0.25, 0.3) is 0 Å². The van der Waals surface area contributed by atoms with Crippen LogP contribution in [-0.2, 0) is 41.9 Å². The minimum atomic E-state index is -1.73. The van der Waals surface area contributed by atoms with Crippen LogP contribution in [0.15, 0.2) is 91.3 Å². The van der Waals surface area contributed by atoms with E-state index in [1.165, 1.54) is 12.4 Å². The Bertz CT molecular complexity index is 1760. The molecule has 0 fully saturated rings. The second-order valence-electron chi connectivity index (χ2n) is 12.4. The van der Waals surface area contributed by atoms with Crippen molar-refractivity contribution in [3.8, 4) is 11.8 Å². The Morgan fingerprint density at radius 2 is 1.10 bits per heavy atom. The number of aromatic nitrogens is 4. The number of aryl methyl sites for hydroxylation is 2. The molecule has 8 nitrogen and oxygen atoms in total. The highest BCUT2D eigenvalue weighted by atomic mass is 35.5. The molecule has 0 radical (unpaired) electrons. The molecule has 3 aromatic carbocycles.